The Morgan fingerprint density at radius 3 is 2.57 bits per heavy atom. The molecule has 35 heavy (non-hydrogen) atoms. The zero-order valence-corrected chi connectivity index (χ0v) is 18.9. The first kappa shape index (κ1) is 24.1. The number of hydrogen-bond donors (Lipinski definition) is 5. The van der Waals surface area contributed by atoms with Gasteiger partial charge in [0.25, 0.3) is 5.91 Å². The van der Waals surface area contributed by atoms with Crippen LogP contribution in [0.5, 0.6) is 0 Å². The highest BCUT2D eigenvalue weighted by atomic mass is 19.1. The summed E-state index contributed by atoms with van der Waals surface area (Å²) in [5.41, 5.74) is 7.62. The molecule has 2 aromatic carbocycles. The van der Waals surface area contributed by atoms with E-state index < -0.39 is 17.5 Å². The van der Waals surface area contributed by atoms with Gasteiger partial charge in [0.2, 0.25) is 5.91 Å². The van der Waals surface area contributed by atoms with Crippen LogP contribution in [0.15, 0.2) is 54.7 Å². The van der Waals surface area contributed by atoms with Crippen LogP contribution in [0.3, 0.4) is 0 Å². The van der Waals surface area contributed by atoms with Gasteiger partial charge in [0.05, 0.1) is 17.2 Å². The molecule has 1 aliphatic rings. The van der Waals surface area contributed by atoms with E-state index in [1.165, 1.54) is 18.3 Å². The van der Waals surface area contributed by atoms with E-state index >= 15 is 0 Å². The molecule has 0 bridgehead atoms. The Morgan fingerprint density at radius 1 is 1.09 bits per heavy atom. The Balaban J connectivity index is 1.47. The second kappa shape index (κ2) is 10.9. The second-order valence-corrected chi connectivity index (χ2v) is 8.35. The number of nitrogens with zero attached hydrogens (tertiary/aromatic N) is 1. The molecule has 0 aliphatic carbocycles. The minimum Gasteiger partial charge on any atom is -0.380 e. The van der Waals surface area contributed by atoms with Crippen LogP contribution < -0.4 is 27.0 Å². The summed E-state index contributed by atoms with van der Waals surface area (Å²) in [7, 11) is 0. The fraction of sp³-hybridized carbons (Fsp3) is 0.240. The van der Waals surface area contributed by atoms with Crippen LogP contribution in [-0.4, -0.2) is 29.9 Å². The van der Waals surface area contributed by atoms with Crippen LogP contribution in [0.4, 0.5) is 31.7 Å². The molecule has 1 atom stereocenters. The van der Waals surface area contributed by atoms with Crippen LogP contribution in [0.25, 0.3) is 0 Å². The van der Waals surface area contributed by atoms with Crippen LogP contribution in [0.1, 0.15) is 28.8 Å². The molecule has 1 saturated heterocycles. The van der Waals surface area contributed by atoms with E-state index in [0.29, 0.717) is 35.0 Å². The third-order valence-corrected chi connectivity index (χ3v) is 5.64. The molecule has 8 nitrogen and oxygen atoms in total. The minimum atomic E-state index is -0.695. The van der Waals surface area contributed by atoms with E-state index in [2.05, 4.69) is 26.3 Å². The molecule has 2 amide bonds. The average Bonchev–Trinajstić information content (AvgIpc) is 2.83. The summed E-state index contributed by atoms with van der Waals surface area (Å²) in [4.78, 5) is 28.6. The lowest BCUT2D eigenvalue weighted by atomic mass is 9.99. The van der Waals surface area contributed by atoms with Crippen LogP contribution >= 0.6 is 0 Å². The number of pyridine rings is 1. The van der Waals surface area contributed by atoms with Crippen molar-refractivity contribution in [2.24, 2.45) is 11.7 Å². The summed E-state index contributed by atoms with van der Waals surface area (Å²) in [5.74, 6) is -1.77. The fourth-order valence-electron chi connectivity index (χ4n) is 3.92. The molecule has 0 saturated carbocycles. The number of nitrogens with one attached hydrogen (secondary N) is 4. The lowest BCUT2D eigenvalue weighted by Crippen LogP contribution is -2.37. The predicted octanol–water partition coefficient (Wildman–Crippen LogP) is 3.75. The lowest BCUT2D eigenvalue weighted by molar-refractivity contribution is -0.120. The molecule has 2 heterocycles. The number of halogens is 2. The molecule has 6 N–H and O–H groups in total. The van der Waals surface area contributed by atoms with Gasteiger partial charge in [-0.25, -0.2) is 13.8 Å². The van der Waals surface area contributed by atoms with Crippen molar-refractivity contribution < 1.29 is 18.4 Å². The third-order valence-electron chi connectivity index (χ3n) is 5.64. The number of aromatic nitrogens is 1. The highest BCUT2D eigenvalue weighted by Gasteiger charge is 2.21. The number of anilines is 4. The van der Waals surface area contributed by atoms with Crippen molar-refractivity contribution >= 4 is 34.7 Å². The number of benzene rings is 2. The van der Waals surface area contributed by atoms with Crippen molar-refractivity contribution in [2.75, 3.05) is 29.0 Å². The number of carbonyl (C=O) groups is 2. The fourth-order valence-corrected chi connectivity index (χ4v) is 3.92. The summed E-state index contributed by atoms with van der Waals surface area (Å²) < 4.78 is 27.0. The van der Waals surface area contributed by atoms with Gasteiger partial charge in [0.15, 0.2) is 0 Å². The first-order chi connectivity index (χ1) is 16.9. The van der Waals surface area contributed by atoms with Crippen molar-refractivity contribution in [3.8, 4) is 0 Å². The Labute approximate surface area is 201 Å². The maximum atomic E-state index is 13.5. The summed E-state index contributed by atoms with van der Waals surface area (Å²) in [6, 6.07) is 11.9. The predicted molar refractivity (Wildman–Crippen MR) is 130 cm³/mol. The van der Waals surface area contributed by atoms with E-state index in [1.807, 2.05) is 6.07 Å². The quantitative estimate of drug-likeness (QED) is 0.335. The standard InChI is InChI=1S/C25H26F2N6O2/c26-17-7-15(8-18(27)9-17)12-30-22-11-23(31-14-21(22)24(28)34)32-19-4-1-5-20(10-19)33-25(35)16-3-2-6-29-13-16/h1,4-5,7-11,14,16,29H,2-3,6,12-13H2,(H2,28,34)(H,33,35)(H2,30,31,32). The third kappa shape index (κ3) is 6.51. The first-order valence-electron chi connectivity index (χ1n) is 11.2. The smallest absolute Gasteiger partial charge is 0.252 e. The number of primary amides is 1. The Morgan fingerprint density at radius 2 is 1.86 bits per heavy atom. The van der Waals surface area contributed by atoms with Crippen LogP contribution in [0, 0.1) is 17.6 Å². The van der Waals surface area contributed by atoms with Gasteiger partial charge in [-0.15, -0.1) is 0 Å². The molecule has 10 heteroatoms. The monoisotopic (exact) mass is 480 g/mol. The maximum Gasteiger partial charge on any atom is 0.252 e. The topological polar surface area (TPSA) is 121 Å². The van der Waals surface area contributed by atoms with Gasteiger partial charge in [-0.1, -0.05) is 6.07 Å². The van der Waals surface area contributed by atoms with E-state index in [-0.39, 0.29) is 23.9 Å². The van der Waals surface area contributed by atoms with E-state index in [0.717, 1.165) is 25.5 Å². The van der Waals surface area contributed by atoms with Crippen LogP contribution in [0.2, 0.25) is 0 Å². The molecule has 1 fully saturated rings. The van der Waals surface area contributed by atoms with E-state index in [4.69, 9.17) is 5.73 Å². The van der Waals surface area contributed by atoms with Crippen molar-refractivity contribution in [1.82, 2.24) is 10.3 Å². The van der Waals surface area contributed by atoms with Crippen LogP contribution in [-0.2, 0) is 11.3 Å². The molecule has 4 rings (SSSR count). The number of hydrogen-bond acceptors (Lipinski definition) is 6. The molecular weight excluding hydrogens is 454 g/mol. The zero-order chi connectivity index (χ0) is 24.8. The first-order valence-corrected chi connectivity index (χ1v) is 11.2. The molecule has 182 valence electrons. The highest BCUT2D eigenvalue weighted by molar-refractivity contribution is 5.98. The number of nitrogens with two attached hydrogens (primary N) is 1. The molecule has 0 spiro atoms. The van der Waals surface area contributed by atoms with E-state index in [9.17, 15) is 18.4 Å². The van der Waals surface area contributed by atoms with Gasteiger partial charge in [0.1, 0.15) is 17.5 Å². The van der Waals surface area contributed by atoms with Gasteiger partial charge in [-0.2, -0.15) is 0 Å². The normalized spacial score (nSPS) is 15.3. The molecule has 3 aromatic rings. The SMILES string of the molecule is NC(=O)c1cnc(Nc2cccc(NC(=O)C3CCCNC3)c2)cc1NCc1cc(F)cc(F)c1. The highest BCUT2D eigenvalue weighted by Crippen LogP contribution is 2.24. The number of carbonyl (C=O) groups excluding carboxylic acids is 2. The second-order valence-electron chi connectivity index (χ2n) is 8.35. The largest absolute Gasteiger partial charge is 0.380 e. The molecular formula is C25H26F2N6O2. The van der Waals surface area contributed by atoms with Gasteiger partial charge in [-0.3, -0.25) is 9.59 Å². The Kier molecular flexibility index (Phi) is 7.51. The average molecular weight is 481 g/mol. The van der Waals surface area contributed by atoms with Gasteiger partial charge >= 0.3 is 0 Å². The zero-order valence-electron chi connectivity index (χ0n) is 18.9. The van der Waals surface area contributed by atoms with Crippen molar-refractivity contribution in [2.45, 2.75) is 19.4 Å². The number of piperidine rings is 1. The van der Waals surface area contributed by atoms with E-state index in [1.54, 1.807) is 24.3 Å². The summed E-state index contributed by atoms with van der Waals surface area (Å²) in [5, 5.41) is 12.3. The Hall–Kier alpha value is -4.05. The van der Waals surface area contributed by atoms with Crippen molar-refractivity contribution in [3.63, 3.8) is 0 Å². The molecule has 1 aromatic heterocycles. The number of amides is 2. The van der Waals surface area contributed by atoms with Gasteiger partial charge in [0, 0.05) is 42.8 Å². The summed E-state index contributed by atoms with van der Waals surface area (Å²) >= 11 is 0. The molecule has 0 radical (unpaired) electrons. The van der Waals surface area contributed by atoms with Gasteiger partial charge in [-0.05, 0) is 55.3 Å². The molecule has 1 aliphatic heterocycles. The number of rotatable bonds is 8. The Bertz CT molecular complexity index is 1210. The van der Waals surface area contributed by atoms with Gasteiger partial charge < -0.3 is 27.0 Å². The summed E-state index contributed by atoms with van der Waals surface area (Å²) in [6.45, 7) is 1.66. The summed E-state index contributed by atoms with van der Waals surface area (Å²) in [6.07, 6.45) is 3.14. The maximum absolute atomic E-state index is 13.5. The van der Waals surface area contributed by atoms with Crippen molar-refractivity contribution in [1.29, 1.82) is 0 Å². The van der Waals surface area contributed by atoms with Crippen molar-refractivity contribution in [3.05, 3.63) is 77.5 Å². The lowest BCUT2D eigenvalue weighted by Gasteiger charge is -2.22. The molecule has 1 unspecified atom stereocenters. The minimum absolute atomic E-state index is 0.0291.